The maximum absolute atomic E-state index is 12.5. The minimum Gasteiger partial charge on any atom is -0.449 e. The van der Waals surface area contributed by atoms with Gasteiger partial charge in [0.2, 0.25) is 0 Å². The number of halogens is 2. The summed E-state index contributed by atoms with van der Waals surface area (Å²) in [5.41, 5.74) is -0.805. The Morgan fingerprint density at radius 1 is 0.714 bits per heavy atom. The molecule has 4 atom stereocenters. The molecule has 2 aliphatic rings. The van der Waals surface area contributed by atoms with Gasteiger partial charge in [0.05, 0.1) is 12.8 Å². The first-order valence-corrected chi connectivity index (χ1v) is 10.0. The minimum absolute atomic E-state index is 0.217. The smallest absolute Gasteiger partial charge is 0.307 e. The van der Waals surface area contributed by atoms with Crippen LogP contribution in [0.3, 0.4) is 0 Å². The second-order valence-electron chi connectivity index (χ2n) is 7.64. The normalized spacial score (nSPS) is 32.3. The van der Waals surface area contributed by atoms with Gasteiger partial charge in [0.1, 0.15) is 0 Å². The van der Waals surface area contributed by atoms with E-state index in [0.29, 0.717) is 10.0 Å². The number of esters is 2. The Labute approximate surface area is 173 Å². The Balaban J connectivity index is 2.03. The molecule has 0 saturated carbocycles. The molecule has 2 saturated heterocycles. The zero-order chi connectivity index (χ0) is 20.1. The Hall–Kier alpha value is -2.04. The predicted molar refractivity (Wildman–Crippen MR) is 106 cm³/mol. The molecule has 2 fully saturated rings. The van der Waals surface area contributed by atoms with Crippen molar-refractivity contribution in [2.45, 2.75) is 37.9 Å². The lowest BCUT2D eigenvalue weighted by molar-refractivity contribution is -0.214. The molecule has 4 rings (SSSR count). The van der Waals surface area contributed by atoms with Crippen molar-refractivity contribution in [2.75, 3.05) is 0 Å². The van der Waals surface area contributed by atoms with Crippen molar-refractivity contribution in [1.82, 2.24) is 0 Å². The molecular weight excluding hydrogens is 399 g/mol. The summed E-state index contributed by atoms with van der Waals surface area (Å²) >= 11 is 12.2. The molecule has 4 unspecified atom stereocenters. The fraction of sp³-hybridized carbons (Fsp3) is 0.364. The third kappa shape index (κ3) is 2.66. The fourth-order valence-electron chi connectivity index (χ4n) is 4.83. The molecule has 0 N–H and O–H groups in total. The van der Waals surface area contributed by atoms with Crippen LogP contribution in [0.25, 0.3) is 0 Å². The molecular formula is C22H20Cl2O4. The number of hydrogen-bond donors (Lipinski definition) is 0. The molecule has 4 nitrogen and oxygen atoms in total. The highest BCUT2D eigenvalue weighted by atomic mass is 35.5. The standard InChI is InChI=1S/C22H20Cl2O4/c1-13-11-19(25)27-21(13,15-3-7-17(23)8-4-15)22(14(2)12-20(26)28-22)16-5-9-18(24)10-6-16/h3-10,13-14H,11-12H2,1-2H3. The zero-order valence-electron chi connectivity index (χ0n) is 15.6. The largest absolute Gasteiger partial charge is 0.449 e. The van der Waals surface area contributed by atoms with E-state index in [1.54, 1.807) is 24.3 Å². The van der Waals surface area contributed by atoms with Crippen LogP contribution in [0, 0.1) is 11.8 Å². The Morgan fingerprint density at radius 3 is 1.29 bits per heavy atom. The molecule has 2 heterocycles. The third-order valence-corrected chi connectivity index (χ3v) is 6.49. The number of ether oxygens (including phenoxy) is 2. The lowest BCUT2D eigenvalue weighted by Crippen LogP contribution is -2.55. The summed E-state index contributed by atoms with van der Waals surface area (Å²) in [6, 6.07) is 14.4. The summed E-state index contributed by atoms with van der Waals surface area (Å²) in [6.07, 6.45) is 0.477. The molecule has 2 aromatic carbocycles. The summed E-state index contributed by atoms with van der Waals surface area (Å²) in [4.78, 5) is 24.9. The van der Waals surface area contributed by atoms with E-state index in [9.17, 15) is 9.59 Å². The molecule has 2 aliphatic heterocycles. The summed E-state index contributed by atoms with van der Waals surface area (Å²) in [5, 5.41) is 1.15. The first-order valence-electron chi connectivity index (χ1n) is 9.25. The maximum Gasteiger partial charge on any atom is 0.307 e. The van der Waals surface area contributed by atoms with Gasteiger partial charge in [-0.2, -0.15) is 0 Å². The lowest BCUT2D eigenvalue weighted by atomic mass is 9.62. The third-order valence-electron chi connectivity index (χ3n) is 5.98. The van der Waals surface area contributed by atoms with E-state index in [1.165, 1.54) is 0 Å². The number of rotatable bonds is 3. The van der Waals surface area contributed by atoms with E-state index in [1.807, 2.05) is 38.1 Å². The van der Waals surface area contributed by atoms with Crippen LogP contribution >= 0.6 is 23.2 Å². The van der Waals surface area contributed by atoms with Gasteiger partial charge in [-0.1, -0.05) is 61.3 Å². The molecule has 0 aromatic heterocycles. The van der Waals surface area contributed by atoms with Crippen molar-refractivity contribution < 1.29 is 19.1 Å². The molecule has 0 spiro atoms. The van der Waals surface area contributed by atoms with Crippen LogP contribution in [0.15, 0.2) is 48.5 Å². The van der Waals surface area contributed by atoms with Crippen LogP contribution in [0.4, 0.5) is 0 Å². The van der Waals surface area contributed by atoms with Gasteiger partial charge in [-0.3, -0.25) is 9.59 Å². The van der Waals surface area contributed by atoms with Crippen molar-refractivity contribution >= 4 is 35.1 Å². The van der Waals surface area contributed by atoms with Crippen molar-refractivity contribution in [3.05, 3.63) is 69.7 Å². The maximum atomic E-state index is 12.5. The van der Waals surface area contributed by atoms with Crippen molar-refractivity contribution in [3.8, 4) is 0 Å². The molecule has 0 amide bonds. The summed E-state index contributed by atoms with van der Waals surface area (Å²) in [5.74, 6) is -1.06. The molecule has 0 bridgehead atoms. The van der Waals surface area contributed by atoms with Crippen molar-refractivity contribution in [1.29, 1.82) is 0 Å². The summed E-state index contributed by atoms with van der Waals surface area (Å²) < 4.78 is 12.2. The topological polar surface area (TPSA) is 52.6 Å². The Bertz CT molecular complexity index is 847. The van der Waals surface area contributed by atoms with E-state index in [-0.39, 0.29) is 36.6 Å². The number of carbonyl (C=O) groups is 2. The van der Waals surface area contributed by atoms with E-state index >= 15 is 0 Å². The van der Waals surface area contributed by atoms with Gasteiger partial charge in [0, 0.05) is 33.0 Å². The predicted octanol–water partition coefficient (Wildman–Crippen LogP) is 5.25. The first kappa shape index (κ1) is 19.3. The SMILES string of the molecule is CC1CC(=O)OC1(c1ccc(Cl)cc1)C1(c2ccc(Cl)cc2)OC(=O)CC1C. The van der Waals surface area contributed by atoms with Crippen LogP contribution in [0.2, 0.25) is 10.0 Å². The highest BCUT2D eigenvalue weighted by Gasteiger charge is 2.69. The van der Waals surface area contributed by atoms with E-state index in [2.05, 4.69) is 0 Å². The zero-order valence-corrected chi connectivity index (χ0v) is 17.1. The van der Waals surface area contributed by atoms with Crippen LogP contribution in [-0.4, -0.2) is 11.9 Å². The van der Waals surface area contributed by atoms with Crippen molar-refractivity contribution in [2.24, 2.45) is 11.8 Å². The first-order chi connectivity index (χ1) is 13.3. The van der Waals surface area contributed by atoms with E-state index in [4.69, 9.17) is 32.7 Å². The number of benzene rings is 2. The fourth-order valence-corrected chi connectivity index (χ4v) is 5.08. The van der Waals surface area contributed by atoms with Crippen LogP contribution in [-0.2, 0) is 30.3 Å². The quantitative estimate of drug-likeness (QED) is 0.638. The number of carbonyl (C=O) groups excluding carboxylic acids is 2. The minimum atomic E-state index is -1.16. The highest BCUT2D eigenvalue weighted by molar-refractivity contribution is 6.30. The lowest BCUT2D eigenvalue weighted by Gasteiger charge is -2.48. The molecule has 0 aliphatic carbocycles. The van der Waals surface area contributed by atoms with Crippen LogP contribution in [0.1, 0.15) is 37.8 Å². The van der Waals surface area contributed by atoms with Gasteiger partial charge in [0.25, 0.3) is 0 Å². The van der Waals surface area contributed by atoms with Gasteiger partial charge in [-0.25, -0.2) is 0 Å². The number of cyclic esters (lactones) is 2. The van der Waals surface area contributed by atoms with Gasteiger partial charge in [0.15, 0.2) is 11.2 Å². The van der Waals surface area contributed by atoms with Crippen molar-refractivity contribution in [3.63, 3.8) is 0 Å². The average Bonchev–Trinajstić information content (AvgIpc) is 3.12. The average molecular weight is 419 g/mol. The van der Waals surface area contributed by atoms with Gasteiger partial charge >= 0.3 is 11.9 Å². The van der Waals surface area contributed by atoms with Crippen LogP contribution in [0.5, 0.6) is 0 Å². The number of hydrogen-bond acceptors (Lipinski definition) is 4. The molecule has 0 radical (unpaired) electrons. The molecule has 6 heteroatoms. The van der Waals surface area contributed by atoms with Gasteiger partial charge < -0.3 is 9.47 Å². The van der Waals surface area contributed by atoms with Gasteiger partial charge in [-0.05, 0) is 24.3 Å². The monoisotopic (exact) mass is 418 g/mol. The van der Waals surface area contributed by atoms with E-state index in [0.717, 1.165) is 11.1 Å². The summed E-state index contributed by atoms with van der Waals surface area (Å²) in [6.45, 7) is 3.91. The molecule has 28 heavy (non-hydrogen) atoms. The highest BCUT2D eigenvalue weighted by Crippen LogP contribution is 2.61. The Kier molecular flexibility index (Phi) is 4.67. The summed E-state index contributed by atoms with van der Waals surface area (Å²) in [7, 11) is 0. The second kappa shape index (κ2) is 6.78. The Morgan fingerprint density at radius 2 is 1.04 bits per heavy atom. The molecule has 146 valence electrons. The van der Waals surface area contributed by atoms with E-state index < -0.39 is 11.2 Å². The molecule has 2 aromatic rings. The van der Waals surface area contributed by atoms with Gasteiger partial charge in [-0.15, -0.1) is 0 Å². The van der Waals surface area contributed by atoms with Crippen LogP contribution < -0.4 is 0 Å². The second-order valence-corrected chi connectivity index (χ2v) is 8.52.